The van der Waals surface area contributed by atoms with E-state index in [0.717, 1.165) is 5.56 Å². The first kappa shape index (κ1) is 12.1. The highest BCUT2D eigenvalue weighted by molar-refractivity contribution is 5.62. The van der Waals surface area contributed by atoms with Gasteiger partial charge < -0.3 is 19.9 Å². The van der Waals surface area contributed by atoms with Crippen LogP contribution in [-0.4, -0.2) is 15.2 Å². The van der Waals surface area contributed by atoms with Crippen molar-refractivity contribution >= 4 is 11.7 Å². The molecule has 1 aromatic heterocycles. The average molecular weight is 268 g/mol. The summed E-state index contributed by atoms with van der Waals surface area (Å²) in [6.07, 6.45) is 1.53. The number of anilines is 2. The van der Waals surface area contributed by atoms with E-state index in [4.69, 9.17) is 4.42 Å². The molecule has 0 bridgehead atoms. The molecule has 5 heteroatoms. The maximum atomic E-state index is 9.39. The van der Waals surface area contributed by atoms with Crippen LogP contribution in [0.1, 0.15) is 0 Å². The Morgan fingerprint density at radius 2 is 1.75 bits per heavy atom. The lowest BCUT2D eigenvalue weighted by atomic mass is 10.2. The van der Waals surface area contributed by atoms with Crippen LogP contribution in [0.25, 0.3) is 11.3 Å². The molecular weight excluding hydrogens is 256 g/mol. The largest absolute Gasteiger partial charge is 0.508 e. The normalized spacial score (nSPS) is 10.4. The molecule has 20 heavy (non-hydrogen) atoms. The molecule has 0 saturated heterocycles. The number of benzene rings is 2. The van der Waals surface area contributed by atoms with Gasteiger partial charge in [0.05, 0.1) is 0 Å². The lowest BCUT2D eigenvalue weighted by Gasteiger charge is -2.01. The zero-order chi connectivity index (χ0) is 13.9. The second-order valence-electron chi connectivity index (χ2n) is 4.26. The van der Waals surface area contributed by atoms with Crippen molar-refractivity contribution < 1.29 is 14.6 Å². The van der Waals surface area contributed by atoms with Crippen LogP contribution < -0.4 is 5.32 Å². The third-order valence-corrected chi connectivity index (χ3v) is 2.76. The van der Waals surface area contributed by atoms with E-state index in [-0.39, 0.29) is 11.5 Å². The molecule has 3 rings (SSSR count). The maximum Gasteiger partial charge on any atom is 0.299 e. The smallest absolute Gasteiger partial charge is 0.299 e. The predicted molar refractivity (Wildman–Crippen MR) is 75.0 cm³/mol. The fraction of sp³-hybridized carbons (Fsp3) is 0. The van der Waals surface area contributed by atoms with Crippen LogP contribution in [0.5, 0.6) is 11.5 Å². The van der Waals surface area contributed by atoms with Crippen molar-refractivity contribution in [1.29, 1.82) is 0 Å². The highest BCUT2D eigenvalue weighted by atomic mass is 16.4. The molecule has 0 aliphatic carbocycles. The number of hydrogen-bond acceptors (Lipinski definition) is 5. The first-order valence-electron chi connectivity index (χ1n) is 6.02. The highest BCUT2D eigenvalue weighted by Gasteiger charge is 2.06. The Balaban J connectivity index is 1.82. The summed E-state index contributed by atoms with van der Waals surface area (Å²) in [6, 6.07) is 13.7. The summed E-state index contributed by atoms with van der Waals surface area (Å²) < 4.78 is 5.33. The number of aromatic nitrogens is 1. The van der Waals surface area contributed by atoms with Gasteiger partial charge in [0, 0.05) is 17.3 Å². The molecule has 0 unspecified atom stereocenters. The van der Waals surface area contributed by atoms with Crippen LogP contribution in [-0.2, 0) is 0 Å². The summed E-state index contributed by atoms with van der Waals surface area (Å²) in [7, 11) is 0. The van der Waals surface area contributed by atoms with Gasteiger partial charge in [-0.3, -0.25) is 0 Å². The Labute approximate surface area is 115 Å². The molecule has 2 aromatic carbocycles. The first-order chi connectivity index (χ1) is 9.70. The second-order valence-corrected chi connectivity index (χ2v) is 4.26. The number of aromatic hydroxyl groups is 2. The maximum absolute atomic E-state index is 9.39. The van der Waals surface area contributed by atoms with Gasteiger partial charge in [0.2, 0.25) is 0 Å². The number of phenols is 2. The molecule has 0 aliphatic rings. The van der Waals surface area contributed by atoms with E-state index >= 15 is 0 Å². The molecule has 3 aromatic rings. The fourth-order valence-corrected chi connectivity index (χ4v) is 1.80. The van der Waals surface area contributed by atoms with E-state index in [1.54, 1.807) is 48.5 Å². The van der Waals surface area contributed by atoms with Crippen LogP contribution in [0, 0.1) is 0 Å². The summed E-state index contributed by atoms with van der Waals surface area (Å²) in [4.78, 5) is 4.29. The minimum Gasteiger partial charge on any atom is -0.508 e. The van der Waals surface area contributed by atoms with Crippen molar-refractivity contribution in [2.24, 2.45) is 0 Å². The van der Waals surface area contributed by atoms with Crippen LogP contribution >= 0.6 is 0 Å². The lowest BCUT2D eigenvalue weighted by Crippen LogP contribution is -1.89. The number of oxazole rings is 1. The standard InChI is InChI=1S/C15H12N2O3/c18-12-6-4-10(5-7-12)14-9-20-15(17-14)16-11-2-1-3-13(19)8-11/h1-9,18-19H,(H,16,17). The minimum atomic E-state index is 0.167. The topological polar surface area (TPSA) is 78.5 Å². The van der Waals surface area contributed by atoms with E-state index in [0.29, 0.717) is 17.4 Å². The monoisotopic (exact) mass is 268 g/mol. The Morgan fingerprint density at radius 1 is 0.950 bits per heavy atom. The molecule has 5 nitrogen and oxygen atoms in total. The number of hydrogen-bond donors (Lipinski definition) is 3. The second kappa shape index (κ2) is 4.97. The Bertz CT molecular complexity index is 720. The highest BCUT2D eigenvalue weighted by Crippen LogP contribution is 2.25. The van der Waals surface area contributed by atoms with Crippen molar-refractivity contribution in [3.63, 3.8) is 0 Å². The number of nitrogens with one attached hydrogen (secondary N) is 1. The SMILES string of the molecule is Oc1ccc(-c2coc(Nc3cccc(O)c3)n2)cc1. The van der Waals surface area contributed by atoms with E-state index in [1.165, 1.54) is 6.26 Å². The van der Waals surface area contributed by atoms with Crippen LogP contribution in [0.15, 0.2) is 59.2 Å². The van der Waals surface area contributed by atoms with Gasteiger partial charge in [0.1, 0.15) is 23.5 Å². The molecule has 0 radical (unpaired) electrons. The molecule has 0 atom stereocenters. The molecule has 1 heterocycles. The van der Waals surface area contributed by atoms with Gasteiger partial charge in [-0.2, -0.15) is 4.98 Å². The third-order valence-electron chi connectivity index (χ3n) is 2.76. The van der Waals surface area contributed by atoms with Gasteiger partial charge in [0.15, 0.2) is 0 Å². The summed E-state index contributed by atoms with van der Waals surface area (Å²) in [5.74, 6) is 0.371. The van der Waals surface area contributed by atoms with Crippen molar-refractivity contribution in [3.8, 4) is 22.8 Å². The molecule has 0 aliphatic heterocycles. The Hall–Kier alpha value is -2.95. The minimum absolute atomic E-state index is 0.167. The van der Waals surface area contributed by atoms with Crippen LogP contribution in [0.2, 0.25) is 0 Å². The number of phenolic OH excluding ortho intramolecular Hbond substituents is 2. The van der Waals surface area contributed by atoms with E-state index < -0.39 is 0 Å². The quantitative estimate of drug-likeness (QED) is 0.677. The molecule has 0 fully saturated rings. The molecule has 0 saturated carbocycles. The van der Waals surface area contributed by atoms with Crippen molar-refractivity contribution in [1.82, 2.24) is 4.98 Å². The molecule has 100 valence electrons. The Kier molecular flexibility index (Phi) is 3.01. The zero-order valence-corrected chi connectivity index (χ0v) is 10.4. The third kappa shape index (κ3) is 2.56. The van der Waals surface area contributed by atoms with Gasteiger partial charge in [0.25, 0.3) is 6.01 Å². The van der Waals surface area contributed by atoms with E-state index in [1.807, 2.05) is 0 Å². The van der Waals surface area contributed by atoms with Gasteiger partial charge in [-0.25, -0.2) is 0 Å². The number of nitrogens with zero attached hydrogens (tertiary/aromatic N) is 1. The summed E-state index contributed by atoms with van der Waals surface area (Å²) in [5.41, 5.74) is 2.19. The van der Waals surface area contributed by atoms with E-state index in [9.17, 15) is 10.2 Å². The average Bonchev–Trinajstić information content (AvgIpc) is 2.88. The molecular formula is C15H12N2O3. The predicted octanol–water partition coefficient (Wildman–Crippen LogP) is 3.50. The van der Waals surface area contributed by atoms with Gasteiger partial charge in [-0.05, 0) is 36.4 Å². The molecule has 0 spiro atoms. The lowest BCUT2D eigenvalue weighted by molar-refractivity contribution is 0.475. The summed E-state index contributed by atoms with van der Waals surface area (Å²) in [6.45, 7) is 0. The zero-order valence-electron chi connectivity index (χ0n) is 10.4. The van der Waals surface area contributed by atoms with Gasteiger partial charge in [-0.15, -0.1) is 0 Å². The van der Waals surface area contributed by atoms with Crippen molar-refractivity contribution in [2.75, 3.05) is 5.32 Å². The molecule has 0 amide bonds. The van der Waals surface area contributed by atoms with Crippen LogP contribution in [0.4, 0.5) is 11.7 Å². The summed E-state index contributed by atoms with van der Waals surface area (Å²) in [5, 5.41) is 21.6. The number of rotatable bonds is 3. The van der Waals surface area contributed by atoms with Gasteiger partial charge in [-0.1, -0.05) is 6.07 Å². The van der Waals surface area contributed by atoms with Crippen LogP contribution in [0.3, 0.4) is 0 Å². The van der Waals surface area contributed by atoms with Crippen molar-refractivity contribution in [2.45, 2.75) is 0 Å². The van der Waals surface area contributed by atoms with Crippen molar-refractivity contribution in [3.05, 3.63) is 54.8 Å². The van der Waals surface area contributed by atoms with Gasteiger partial charge >= 0.3 is 0 Å². The fourth-order valence-electron chi connectivity index (χ4n) is 1.80. The molecule has 3 N–H and O–H groups in total. The van der Waals surface area contributed by atoms with E-state index in [2.05, 4.69) is 10.3 Å². The Morgan fingerprint density at radius 3 is 2.50 bits per heavy atom. The summed E-state index contributed by atoms with van der Waals surface area (Å²) >= 11 is 0. The first-order valence-corrected chi connectivity index (χ1v) is 6.02.